The number of nitrogens with zero attached hydrogens (tertiary/aromatic N) is 6. The van der Waals surface area contributed by atoms with Gasteiger partial charge in [-0.3, -0.25) is 4.79 Å². The first-order valence-electron chi connectivity index (χ1n) is 8.94. The molecular formula is C18H16ClFN6O3S. The number of sulfonamides is 1. The van der Waals surface area contributed by atoms with E-state index in [9.17, 15) is 17.6 Å². The Bertz CT molecular complexity index is 1160. The Balaban J connectivity index is 1.48. The number of aromatic nitrogens is 4. The van der Waals surface area contributed by atoms with E-state index >= 15 is 0 Å². The van der Waals surface area contributed by atoms with Crippen molar-refractivity contribution in [2.75, 3.05) is 26.2 Å². The van der Waals surface area contributed by atoms with Crippen LogP contribution in [0.25, 0.3) is 5.69 Å². The molecule has 1 fully saturated rings. The summed E-state index contributed by atoms with van der Waals surface area (Å²) in [7, 11) is -3.76. The van der Waals surface area contributed by atoms with Crippen molar-refractivity contribution in [3.05, 3.63) is 65.2 Å². The largest absolute Gasteiger partial charge is 0.336 e. The highest BCUT2D eigenvalue weighted by Crippen LogP contribution is 2.23. The minimum absolute atomic E-state index is 0.0147. The molecule has 0 bridgehead atoms. The van der Waals surface area contributed by atoms with Gasteiger partial charge in [-0.2, -0.15) is 4.31 Å². The highest BCUT2D eigenvalue weighted by molar-refractivity contribution is 7.89. The van der Waals surface area contributed by atoms with E-state index in [2.05, 4.69) is 15.5 Å². The lowest BCUT2D eigenvalue weighted by Crippen LogP contribution is -2.50. The average molecular weight is 451 g/mol. The summed E-state index contributed by atoms with van der Waals surface area (Å²) in [6.45, 7) is 0.640. The maximum absolute atomic E-state index is 13.1. The third-order valence-corrected chi connectivity index (χ3v) is 7.01. The van der Waals surface area contributed by atoms with Gasteiger partial charge in [0.15, 0.2) is 0 Å². The van der Waals surface area contributed by atoms with E-state index in [1.807, 2.05) is 0 Å². The number of hydrogen-bond donors (Lipinski definition) is 0. The highest BCUT2D eigenvalue weighted by Gasteiger charge is 2.31. The summed E-state index contributed by atoms with van der Waals surface area (Å²) in [5.41, 5.74) is 0.852. The second-order valence-corrected chi connectivity index (χ2v) is 8.91. The topological polar surface area (TPSA) is 101 Å². The molecule has 2 aromatic carbocycles. The Labute approximate surface area is 176 Å². The summed E-state index contributed by atoms with van der Waals surface area (Å²) >= 11 is 6.22. The molecule has 0 atom stereocenters. The molecule has 0 aliphatic carbocycles. The molecule has 9 nitrogen and oxygen atoms in total. The van der Waals surface area contributed by atoms with Gasteiger partial charge in [0.2, 0.25) is 10.0 Å². The van der Waals surface area contributed by atoms with E-state index in [4.69, 9.17) is 11.6 Å². The van der Waals surface area contributed by atoms with Gasteiger partial charge in [-0.1, -0.05) is 11.6 Å². The summed E-state index contributed by atoms with van der Waals surface area (Å²) in [4.78, 5) is 14.5. The van der Waals surface area contributed by atoms with Crippen LogP contribution < -0.4 is 0 Å². The second kappa shape index (κ2) is 8.09. The van der Waals surface area contributed by atoms with Crippen molar-refractivity contribution in [2.45, 2.75) is 4.90 Å². The van der Waals surface area contributed by atoms with Crippen molar-refractivity contribution in [1.82, 2.24) is 29.4 Å². The normalized spacial score (nSPS) is 15.3. The van der Waals surface area contributed by atoms with Crippen molar-refractivity contribution in [3.8, 4) is 5.69 Å². The minimum atomic E-state index is -3.76. The molecule has 1 amide bonds. The molecule has 1 saturated heterocycles. The first kappa shape index (κ1) is 20.4. The zero-order chi connectivity index (χ0) is 21.3. The highest BCUT2D eigenvalue weighted by atomic mass is 35.5. The lowest BCUT2D eigenvalue weighted by molar-refractivity contribution is 0.0698. The van der Waals surface area contributed by atoms with E-state index in [1.54, 1.807) is 23.1 Å². The van der Waals surface area contributed by atoms with Crippen molar-refractivity contribution >= 4 is 27.5 Å². The van der Waals surface area contributed by atoms with E-state index in [0.717, 1.165) is 12.1 Å². The Kier molecular flexibility index (Phi) is 5.50. The van der Waals surface area contributed by atoms with Crippen LogP contribution in [-0.2, 0) is 10.0 Å². The molecule has 2 heterocycles. The Morgan fingerprint density at radius 2 is 1.73 bits per heavy atom. The van der Waals surface area contributed by atoms with Crippen molar-refractivity contribution < 1.29 is 17.6 Å². The van der Waals surface area contributed by atoms with Crippen LogP contribution in [0.1, 0.15) is 10.4 Å². The van der Waals surface area contributed by atoms with Crippen LogP contribution in [0, 0.1) is 5.82 Å². The predicted molar refractivity (Wildman–Crippen MR) is 105 cm³/mol. The first-order valence-corrected chi connectivity index (χ1v) is 10.8. The average Bonchev–Trinajstić information content (AvgIpc) is 3.29. The lowest BCUT2D eigenvalue weighted by Gasteiger charge is -2.34. The molecule has 3 aromatic rings. The van der Waals surface area contributed by atoms with Crippen LogP contribution >= 0.6 is 11.6 Å². The monoisotopic (exact) mass is 450 g/mol. The number of hydrogen-bond acceptors (Lipinski definition) is 6. The summed E-state index contributed by atoms with van der Waals surface area (Å²) < 4.78 is 41.2. The number of carbonyl (C=O) groups is 1. The summed E-state index contributed by atoms with van der Waals surface area (Å²) in [5.74, 6) is -0.820. The molecule has 1 aromatic heterocycles. The lowest BCUT2D eigenvalue weighted by atomic mass is 10.1. The number of piperazine rings is 1. The Morgan fingerprint density at radius 3 is 2.37 bits per heavy atom. The van der Waals surface area contributed by atoms with Crippen LogP contribution in [0.15, 0.2) is 53.7 Å². The fourth-order valence-electron chi connectivity index (χ4n) is 3.16. The van der Waals surface area contributed by atoms with E-state index in [0.29, 0.717) is 5.69 Å². The molecule has 30 heavy (non-hydrogen) atoms. The van der Waals surface area contributed by atoms with Gasteiger partial charge in [0.1, 0.15) is 12.1 Å². The molecule has 0 saturated carbocycles. The number of tetrazole rings is 1. The van der Waals surface area contributed by atoms with Crippen LogP contribution in [-0.4, -0.2) is 69.9 Å². The molecule has 0 radical (unpaired) electrons. The number of amides is 1. The van der Waals surface area contributed by atoms with Gasteiger partial charge >= 0.3 is 0 Å². The molecule has 1 aliphatic rings. The fourth-order valence-corrected chi connectivity index (χ4v) is 4.78. The summed E-state index contributed by atoms with van der Waals surface area (Å²) in [6, 6.07) is 9.52. The van der Waals surface area contributed by atoms with Gasteiger partial charge in [0.25, 0.3) is 5.91 Å². The van der Waals surface area contributed by atoms with Gasteiger partial charge in [-0.05, 0) is 52.9 Å². The molecule has 156 valence electrons. The molecular weight excluding hydrogens is 435 g/mol. The van der Waals surface area contributed by atoms with Gasteiger partial charge in [-0.15, -0.1) is 5.10 Å². The molecule has 1 aliphatic heterocycles. The number of rotatable bonds is 4. The summed E-state index contributed by atoms with van der Waals surface area (Å²) in [6.07, 6.45) is 1.40. The number of benzene rings is 2. The Morgan fingerprint density at radius 1 is 1.03 bits per heavy atom. The molecule has 4 rings (SSSR count). The van der Waals surface area contributed by atoms with Crippen LogP contribution in [0.5, 0.6) is 0 Å². The first-order chi connectivity index (χ1) is 14.4. The Hall–Kier alpha value is -2.89. The van der Waals surface area contributed by atoms with E-state index < -0.39 is 15.8 Å². The van der Waals surface area contributed by atoms with Crippen molar-refractivity contribution in [1.29, 1.82) is 0 Å². The third kappa shape index (κ3) is 3.91. The molecule has 12 heteroatoms. The maximum Gasteiger partial charge on any atom is 0.255 e. The van der Waals surface area contributed by atoms with Crippen LogP contribution in [0.3, 0.4) is 0 Å². The van der Waals surface area contributed by atoms with Gasteiger partial charge < -0.3 is 4.90 Å². The molecule has 0 spiro atoms. The van der Waals surface area contributed by atoms with E-state index in [-0.39, 0.29) is 47.6 Å². The molecule has 0 unspecified atom stereocenters. The fraction of sp³-hybridized carbons (Fsp3) is 0.222. The van der Waals surface area contributed by atoms with Crippen LogP contribution in [0.2, 0.25) is 5.02 Å². The van der Waals surface area contributed by atoms with Gasteiger partial charge in [0, 0.05) is 26.2 Å². The van der Waals surface area contributed by atoms with Crippen LogP contribution in [0.4, 0.5) is 4.39 Å². The SMILES string of the molecule is O=C(c1cc(-n2cnnn2)ccc1Cl)N1CCN(S(=O)(=O)c2ccc(F)cc2)CC1. The summed E-state index contributed by atoms with van der Waals surface area (Å²) in [5, 5.41) is 11.2. The smallest absolute Gasteiger partial charge is 0.255 e. The second-order valence-electron chi connectivity index (χ2n) is 6.57. The van der Waals surface area contributed by atoms with E-state index in [1.165, 1.54) is 27.4 Å². The number of carbonyl (C=O) groups excluding carboxylic acids is 1. The third-order valence-electron chi connectivity index (χ3n) is 4.77. The zero-order valence-corrected chi connectivity index (χ0v) is 17.1. The number of halogens is 2. The van der Waals surface area contributed by atoms with Gasteiger partial charge in [0.05, 0.1) is 21.2 Å². The zero-order valence-electron chi connectivity index (χ0n) is 15.5. The van der Waals surface area contributed by atoms with Crippen molar-refractivity contribution in [2.24, 2.45) is 0 Å². The quantitative estimate of drug-likeness (QED) is 0.598. The predicted octanol–water partition coefficient (Wildman–Crippen LogP) is 1.60. The van der Waals surface area contributed by atoms with Gasteiger partial charge in [-0.25, -0.2) is 17.5 Å². The standard InChI is InChI=1S/C18H16ClFN6O3S/c19-17-6-3-14(26-12-21-22-23-26)11-16(17)18(27)24-7-9-25(10-8-24)30(28,29)15-4-1-13(20)2-5-15/h1-6,11-12H,7-10H2. The molecule has 0 N–H and O–H groups in total. The minimum Gasteiger partial charge on any atom is -0.336 e. The maximum atomic E-state index is 13.1. The van der Waals surface area contributed by atoms with Crippen molar-refractivity contribution in [3.63, 3.8) is 0 Å².